The van der Waals surface area contributed by atoms with Crippen LogP contribution >= 0.6 is 11.3 Å². The van der Waals surface area contributed by atoms with Crippen LogP contribution in [0.2, 0.25) is 0 Å². The minimum atomic E-state index is -4.56. The number of aromatic carboxylic acids is 1. The highest BCUT2D eigenvalue weighted by molar-refractivity contribution is 7.85. The van der Waals surface area contributed by atoms with E-state index in [2.05, 4.69) is 34.8 Å². The molecule has 6 aliphatic rings. The van der Waals surface area contributed by atoms with Crippen LogP contribution in [0.25, 0.3) is 21.3 Å². The van der Waals surface area contributed by atoms with E-state index in [1.807, 2.05) is 59.0 Å². The van der Waals surface area contributed by atoms with Crippen LogP contribution in [0.3, 0.4) is 0 Å². The van der Waals surface area contributed by atoms with Crippen LogP contribution in [-0.2, 0) is 69.7 Å². The molecule has 6 aromatic rings. The van der Waals surface area contributed by atoms with Gasteiger partial charge in [0.05, 0.1) is 34.4 Å². The van der Waals surface area contributed by atoms with E-state index in [-0.39, 0.29) is 72.7 Å². The molecular weight excluding hydrogens is 1310 g/mol. The van der Waals surface area contributed by atoms with E-state index in [0.717, 1.165) is 81.1 Å². The van der Waals surface area contributed by atoms with Crippen LogP contribution in [0.4, 0.5) is 26.2 Å². The van der Waals surface area contributed by atoms with Gasteiger partial charge >= 0.3 is 18.1 Å². The monoisotopic (exact) mass is 1400 g/mol. The highest BCUT2D eigenvalue weighted by Crippen LogP contribution is 2.72. The van der Waals surface area contributed by atoms with E-state index in [9.17, 15) is 61.2 Å². The van der Waals surface area contributed by atoms with Crippen molar-refractivity contribution in [2.75, 3.05) is 60.2 Å². The molecule has 4 fully saturated rings. The van der Waals surface area contributed by atoms with E-state index in [1.165, 1.54) is 35.6 Å². The highest BCUT2D eigenvalue weighted by atomic mass is 32.2. The van der Waals surface area contributed by atoms with Crippen molar-refractivity contribution in [3.05, 3.63) is 131 Å². The molecule has 4 saturated carbocycles. The van der Waals surface area contributed by atoms with Crippen LogP contribution in [-0.4, -0.2) is 164 Å². The van der Waals surface area contributed by atoms with Crippen LogP contribution in [0, 0.1) is 29.1 Å². The topological polar surface area (TPSA) is 391 Å². The van der Waals surface area contributed by atoms with Crippen molar-refractivity contribution >= 4 is 102 Å². The number of aromatic nitrogens is 4. The summed E-state index contributed by atoms with van der Waals surface area (Å²) in [6.07, 6.45) is 8.32. The van der Waals surface area contributed by atoms with Gasteiger partial charge in [-0.25, -0.2) is 24.4 Å². The number of thiazole rings is 1. The SMILES string of the molecule is Cc1c(-c2ccc(N3CCc4cccc(C(=O)Nc5nc6ccccc6s5)c4C3)nc2C(=O)O)cnn1CC12CC3(C)CC(C)(C1)CC(OCCN(CCS(=O)(=O)O)C(=O)OCc1ccc(N(C(=O)[C@@H](NC(=O)CN4C(=O)C=CC4=O)C(C)C)[C@@H](CCCNC(N)=O)C(N)=O)cc1)(C3)C2. The molecule has 4 atom stereocenters. The lowest BCUT2D eigenvalue weighted by molar-refractivity contribution is -0.248. The molecule has 524 valence electrons. The fourth-order valence-electron chi connectivity index (χ4n) is 16.3. The second kappa shape index (κ2) is 28.3. The molecule has 5 heterocycles. The van der Waals surface area contributed by atoms with Crippen LogP contribution < -0.4 is 37.2 Å². The van der Waals surface area contributed by atoms with Gasteiger partial charge in [0, 0.05) is 79.5 Å². The number of nitrogens with zero attached hydrogens (tertiary/aromatic N) is 8. The second-order valence-corrected chi connectivity index (χ2v) is 30.5. The van der Waals surface area contributed by atoms with E-state index in [0.29, 0.717) is 70.6 Å². The molecule has 3 aromatic heterocycles. The molecule has 99 heavy (non-hydrogen) atoms. The average Bonchev–Trinajstić information content (AvgIpc) is 1.34. The largest absolute Gasteiger partial charge is 0.476 e. The lowest BCUT2D eigenvalue weighted by Gasteiger charge is -2.69. The first-order valence-electron chi connectivity index (χ1n) is 32.8. The molecule has 4 bridgehead atoms. The Labute approximate surface area is 575 Å². The van der Waals surface area contributed by atoms with Gasteiger partial charge in [0.25, 0.3) is 33.7 Å². The van der Waals surface area contributed by atoms with Gasteiger partial charge in [-0.15, -0.1) is 0 Å². The summed E-state index contributed by atoms with van der Waals surface area (Å²) in [6, 6.07) is 19.4. The number of urea groups is 1. The lowest BCUT2D eigenvalue weighted by atomic mass is 9.39. The number of ether oxygens (including phenoxy) is 2. The van der Waals surface area contributed by atoms with E-state index < -0.39 is 100 Å². The molecule has 4 aliphatic carbocycles. The van der Waals surface area contributed by atoms with Crippen molar-refractivity contribution in [1.82, 2.24) is 40.2 Å². The molecule has 3 aromatic carbocycles. The summed E-state index contributed by atoms with van der Waals surface area (Å²) in [5.41, 5.74) is 15.3. The maximum absolute atomic E-state index is 14.7. The van der Waals surface area contributed by atoms with Crippen LogP contribution in [0.1, 0.15) is 122 Å². The number of carbonyl (C=O) groups excluding carboxylic acids is 8. The first-order valence-corrected chi connectivity index (χ1v) is 35.2. The predicted octanol–water partition coefficient (Wildman–Crippen LogP) is 6.74. The number of hydrogen-bond donors (Lipinski definition) is 7. The number of carbonyl (C=O) groups is 9. The summed E-state index contributed by atoms with van der Waals surface area (Å²) in [5, 5.41) is 24.2. The Balaban J connectivity index is 0.756. The Kier molecular flexibility index (Phi) is 20.2. The summed E-state index contributed by atoms with van der Waals surface area (Å²) in [6.45, 7) is 9.56. The minimum absolute atomic E-state index is 0.0120. The summed E-state index contributed by atoms with van der Waals surface area (Å²) >= 11 is 1.39. The Bertz CT molecular complexity index is 4270. The third kappa shape index (κ3) is 15.9. The normalized spacial score (nSPS) is 21.3. The number of amides is 9. The zero-order chi connectivity index (χ0) is 70.9. The molecule has 9 N–H and O–H groups in total. The van der Waals surface area contributed by atoms with Crippen molar-refractivity contribution in [3.63, 3.8) is 0 Å². The Morgan fingerprint density at radius 3 is 2.23 bits per heavy atom. The average molecular weight is 1400 g/mol. The number of imide groups is 1. The zero-order valence-corrected chi connectivity index (χ0v) is 57.3. The van der Waals surface area contributed by atoms with Gasteiger partial charge in [0.15, 0.2) is 10.8 Å². The maximum Gasteiger partial charge on any atom is 0.410 e. The van der Waals surface area contributed by atoms with Gasteiger partial charge in [-0.1, -0.05) is 75.4 Å². The van der Waals surface area contributed by atoms with E-state index >= 15 is 0 Å². The van der Waals surface area contributed by atoms with Gasteiger partial charge in [-0.3, -0.25) is 53.1 Å². The fourth-order valence-corrected chi connectivity index (χ4v) is 17.6. The standard InChI is InChI=1S/C69H81N13O15S2/c1-41(2)57(76-54(83)32-80-55(84)21-22-56(80)85)61(88)82(51(59(70)86)13-9-24-72-63(71)91)45-17-15-43(16-18-45)33-96-65(92)78(27-29-99(93,94)95)26-28-97-69-37-66(4)34-67(5,38-69)36-68(35-66,39-69)40-81-42(3)48(30-73-81)46-19-20-53(75-58(46)62(89)90)79-25-23-44-10-8-11-47(49(44)31-79)60(87)77-64-74-50-12-6-7-14-52(50)98-64/h6-8,10-12,14-22,30,41,51,57H,9,13,23-29,31-40H2,1-5H3,(H2,70,86)(H,76,83)(H,89,90)(H3,71,72,91)(H,74,77,87)(H,93,94,95)/t51-,57-,66?,67?,68?,69?/m0/s1. The molecule has 0 spiro atoms. The van der Waals surface area contributed by atoms with Crippen molar-refractivity contribution in [3.8, 4) is 11.1 Å². The number of nitrogens with one attached hydrogen (secondary N) is 3. The maximum atomic E-state index is 14.7. The molecule has 12 rings (SSSR count). The molecule has 30 heteroatoms. The van der Waals surface area contributed by atoms with Crippen molar-refractivity contribution in [1.29, 1.82) is 0 Å². The Morgan fingerprint density at radius 1 is 0.848 bits per heavy atom. The molecule has 0 saturated heterocycles. The molecule has 0 radical (unpaired) electrons. The zero-order valence-electron chi connectivity index (χ0n) is 55.7. The molecule has 2 aliphatic heterocycles. The fraction of sp³-hybridized carbons (Fsp3) is 0.449. The summed E-state index contributed by atoms with van der Waals surface area (Å²) < 4.78 is 49.8. The number of nitrogens with two attached hydrogens (primary N) is 2. The van der Waals surface area contributed by atoms with Crippen molar-refractivity contribution in [2.24, 2.45) is 33.6 Å². The minimum Gasteiger partial charge on any atom is -0.476 e. The number of hydrogen-bond acceptors (Lipinski definition) is 18. The first kappa shape index (κ1) is 70.7. The highest BCUT2D eigenvalue weighted by Gasteiger charge is 2.66. The third-order valence-electron chi connectivity index (χ3n) is 19.5. The smallest absolute Gasteiger partial charge is 0.410 e. The number of primary amides is 2. The summed E-state index contributed by atoms with van der Waals surface area (Å²) in [5.74, 6) is -6.38. The molecule has 2 unspecified atom stereocenters. The quantitative estimate of drug-likeness (QED) is 0.0152. The summed E-state index contributed by atoms with van der Waals surface area (Å²) in [4.78, 5) is 132. The number of anilines is 3. The number of carboxylic acid groups (broad SMARTS) is 1. The Hall–Kier alpha value is -9.65. The number of rotatable bonds is 28. The first-order chi connectivity index (χ1) is 46.9. The number of benzene rings is 3. The molecular formula is C69H81N13O15S2. The van der Waals surface area contributed by atoms with Gasteiger partial charge < -0.3 is 46.5 Å². The number of fused-ring (bicyclic) bond motifs is 2. The predicted molar refractivity (Wildman–Crippen MR) is 365 cm³/mol. The van der Waals surface area contributed by atoms with Gasteiger partial charge in [0.2, 0.25) is 11.8 Å². The van der Waals surface area contributed by atoms with E-state index in [4.69, 9.17) is 31.0 Å². The third-order valence-corrected chi connectivity index (χ3v) is 21.1. The summed E-state index contributed by atoms with van der Waals surface area (Å²) in [7, 11) is -4.56. The van der Waals surface area contributed by atoms with Crippen LogP contribution in [0.5, 0.6) is 0 Å². The van der Waals surface area contributed by atoms with Gasteiger partial charge in [0.1, 0.15) is 31.1 Å². The Morgan fingerprint density at radius 2 is 1.57 bits per heavy atom. The number of pyridine rings is 1. The number of para-hydroxylation sites is 1. The molecule has 9 amide bonds. The van der Waals surface area contributed by atoms with Gasteiger partial charge in [-0.05, 0) is 146 Å². The number of carboxylic acids is 1. The lowest BCUT2D eigenvalue weighted by Crippen LogP contribution is -2.64. The second-order valence-electron chi connectivity index (χ2n) is 27.9. The van der Waals surface area contributed by atoms with Crippen molar-refractivity contribution in [2.45, 2.75) is 130 Å². The van der Waals surface area contributed by atoms with Crippen molar-refractivity contribution < 1.29 is 70.7 Å². The van der Waals surface area contributed by atoms with Crippen LogP contribution in [0.15, 0.2) is 97.2 Å². The van der Waals surface area contributed by atoms with Gasteiger partial charge in [-0.2, -0.15) is 13.5 Å². The molecule has 28 nitrogen and oxygen atoms in total. The van der Waals surface area contributed by atoms with E-state index in [1.54, 1.807) is 32.2 Å².